The van der Waals surface area contributed by atoms with Crippen LogP contribution in [-0.2, 0) is 0 Å². The first-order chi connectivity index (χ1) is 9.58. The monoisotopic (exact) mass is 273 g/mol. The highest BCUT2D eigenvalue weighted by molar-refractivity contribution is 5.53. The lowest BCUT2D eigenvalue weighted by molar-refractivity contribution is 0.219. The molecule has 3 N–H and O–H groups in total. The minimum Gasteiger partial charge on any atom is -0.493 e. The Kier molecular flexibility index (Phi) is 4.15. The molecule has 0 saturated carbocycles. The summed E-state index contributed by atoms with van der Waals surface area (Å²) in [6.45, 7) is 1.90. The molecule has 0 aliphatic heterocycles. The molecule has 2 aromatic rings. The first-order valence-corrected chi connectivity index (χ1v) is 6.33. The Balaban J connectivity index is 2.43. The highest BCUT2D eigenvalue weighted by Gasteiger charge is 2.16. The highest BCUT2D eigenvalue weighted by atomic mass is 16.5. The number of anilines is 1. The molecule has 0 heterocycles. The molecule has 2 rings (SSSR count). The molecule has 2 aromatic carbocycles. The number of methoxy groups -OCH3 is 2. The van der Waals surface area contributed by atoms with Crippen LogP contribution >= 0.6 is 0 Å². The molecule has 0 bridgehead atoms. The third-order valence-corrected chi connectivity index (χ3v) is 3.44. The van der Waals surface area contributed by atoms with Gasteiger partial charge in [0.2, 0.25) is 0 Å². The van der Waals surface area contributed by atoms with Crippen LogP contribution in [0.4, 0.5) is 5.69 Å². The van der Waals surface area contributed by atoms with E-state index in [4.69, 9.17) is 15.2 Å². The van der Waals surface area contributed by atoms with Gasteiger partial charge in [-0.25, -0.2) is 0 Å². The minimum atomic E-state index is -0.752. The van der Waals surface area contributed by atoms with Crippen LogP contribution in [-0.4, -0.2) is 19.3 Å². The van der Waals surface area contributed by atoms with Crippen molar-refractivity contribution in [2.45, 2.75) is 13.0 Å². The van der Waals surface area contributed by atoms with E-state index < -0.39 is 6.10 Å². The van der Waals surface area contributed by atoms with Gasteiger partial charge in [0, 0.05) is 5.69 Å². The number of nitrogen functional groups attached to an aromatic ring is 1. The number of nitrogens with two attached hydrogens (primary N) is 1. The summed E-state index contributed by atoms with van der Waals surface area (Å²) in [5.41, 5.74) is 8.96. The lowest BCUT2D eigenvalue weighted by Crippen LogP contribution is -2.04. The summed E-state index contributed by atoms with van der Waals surface area (Å²) in [5.74, 6) is 1.22. The molecule has 0 fully saturated rings. The first-order valence-electron chi connectivity index (χ1n) is 6.33. The predicted octanol–water partition coefficient (Wildman–Crippen LogP) is 2.68. The van der Waals surface area contributed by atoms with Gasteiger partial charge in [0.25, 0.3) is 0 Å². The number of hydrogen-bond acceptors (Lipinski definition) is 4. The fourth-order valence-electron chi connectivity index (χ4n) is 2.17. The lowest BCUT2D eigenvalue weighted by Gasteiger charge is -2.17. The first kappa shape index (κ1) is 14.2. The van der Waals surface area contributed by atoms with Crippen molar-refractivity contribution < 1.29 is 14.6 Å². The molecule has 0 amide bonds. The Bertz CT molecular complexity index is 611. The van der Waals surface area contributed by atoms with Gasteiger partial charge in [-0.2, -0.15) is 0 Å². The molecule has 106 valence electrons. The van der Waals surface area contributed by atoms with Gasteiger partial charge >= 0.3 is 0 Å². The van der Waals surface area contributed by atoms with E-state index in [9.17, 15) is 5.11 Å². The van der Waals surface area contributed by atoms with E-state index in [-0.39, 0.29) is 0 Å². The summed E-state index contributed by atoms with van der Waals surface area (Å²) >= 11 is 0. The fraction of sp³-hybridized carbons (Fsp3) is 0.250. The van der Waals surface area contributed by atoms with Crippen molar-refractivity contribution in [3.8, 4) is 11.5 Å². The largest absolute Gasteiger partial charge is 0.493 e. The summed E-state index contributed by atoms with van der Waals surface area (Å²) < 4.78 is 10.4. The standard InChI is InChI=1S/C16H19NO3/c1-10-12(5-4-6-13(10)17)16(18)11-7-8-14(19-2)15(9-11)20-3/h4-9,16,18H,17H2,1-3H3. The normalized spacial score (nSPS) is 12.0. The van der Waals surface area contributed by atoms with E-state index in [2.05, 4.69) is 0 Å². The highest BCUT2D eigenvalue weighted by Crippen LogP contribution is 2.33. The zero-order valence-corrected chi connectivity index (χ0v) is 11.9. The van der Waals surface area contributed by atoms with Crippen molar-refractivity contribution in [3.63, 3.8) is 0 Å². The smallest absolute Gasteiger partial charge is 0.161 e. The number of aliphatic hydroxyl groups excluding tert-OH is 1. The van der Waals surface area contributed by atoms with Crippen LogP contribution in [0.25, 0.3) is 0 Å². The maximum Gasteiger partial charge on any atom is 0.161 e. The second-order valence-corrected chi connectivity index (χ2v) is 4.58. The molecule has 4 heteroatoms. The molecule has 4 nitrogen and oxygen atoms in total. The number of ether oxygens (including phenoxy) is 2. The number of rotatable bonds is 4. The van der Waals surface area contributed by atoms with E-state index in [1.807, 2.05) is 31.2 Å². The van der Waals surface area contributed by atoms with Gasteiger partial charge in [0.1, 0.15) is 6.10 Å². The molecule has 0 aliphatic carbocycles. The summed E-state index contributed by atoms with van der Waals surface area (Å²) in [6.07, 6.45) is -0.752. The Morgan fingerprint density at radius 1 is 1.05 bits per heavy atom. The number of benzene rings is 2. The topological polar surface area (TPSA) is 64.7 Å². The fourth-order valence-corrected chi connectivity index (χ4v) is 2.17. The maximum atomic E-state index is 10.5. The van der Waals surface area contributed by atoms with E-state index in [0.717, 1.165) is 16.7 Å². The van der Waals surface area contributed by atoms with Crippen LogP contribution in [0.5, 0.6) is 11.5 Å². The van der Waals surface area contributed by atoms with Crippen molar-refractivity contribution in [2.75, 3.05) is 20.0 Å². The van der Waals surface area contributed by atoms with Gasteiger partial charge in [-0.05, 0) is 41.8 Å². The molecular formula is C16H19NO3. The van der Waals surface area contributed by atoms with Crippen molar-refractivity contribution in [1.82, 2.24) is 0 Å². The third-order valence-electron chi connectivity index (χ3n) is 3.44. The van der Waals surface area contributed by atoms with Gasteiger partial charge in [0.15, 0.2) is 11.5 Å². The second kappa shape index (κ2) is 5.84. The number of hydrogen-bond donors (Lipinski definition) is 2. The zero-order chi connectivity index (χ0) is 14.7. The second-order valence-electron chi connectivity index (χ2n) is 4.58. The average molecular weight is 273 g/mol. The molecule has 0 saturated heterocycles. The average Bonchev–Trinajstić information content (AvgIpc) is 2.48. The van der Waals surface area contributed by atoms with Crippen LogP contribution < -0.4 is 15.2 Å². The Labute approximate surface area is 118 Å². The molecule has 20 heavy (non-hydrogen) atoms. The Hall–Kier alpha value is -2.20. The van der Waals surface area contributed by atoms with Crippen LogP contribution in [0.3, 0.4) is 0 Å². The van der Waals surface area contributed by atoms with Crippen molar-refractivity contribution >= 4 is 5.69 Å². The molecule has 0 aromatic heterocycles. The number of aliphatic hydroxyl groups is 1. The summed E-state index contributed by atoms with van der Waals surface area (Å²) in [4.78, 5) is 0. The van der Waals surface area contributed by atoms with E-state index in [0.29, 0.717) is 17.2 Å². The van der Waals surface area contributed by atoms with Gasteiger partial charge in [0.05, 0.1) is 14.2 Å². The molecule has 0 aliphatic rings. The van der Waals surface area contributed by atoms with E-state index in [1.165, 1.54) is 0 Å². The SMILES string of the molecule is COc1ccc(C(O)c2cccc(N)c2C)cc1OC. The van der Waals surface area contributed by atoms with Gasteiger partial charge in [-0.1, -0.05) is 18.2 Å². The summed E-state index contributed by atoms with van der Waals surface area (Å²) in [7, 11) is 3.15. The van der Waals surface area contributed by atoms with Crippen molar-refractivity contribution in [1.29, 1.82) is 0 Å². The summed E-state index contributed by atoms with van der Waals surface area (Å²) in [5, 5.41) is 10.5. The minimum absolute atomic E-state index is 0.589. The molecule has 0 radical (unpaired) electrons. The molecule has 1 unspecified atom stereocenters. The van der Waals surface area contributed by atoms with Crippen LogP contribution in [0, 0.1) is 6.92 Å². The lowest BCUT2D eigenvalue weighted by atomic mass is 9.96. The van der Waals surface area contributed by atoms with Crippen LogP contribution in [0.1, 0.15) is 22.8 Å². The van der Waals surface area contributed by atoms with Gasteiger partial charge in [-0.3, -0.25) is 0 Å². The molecular weight excluding hydrogens is 254 g/mol. The van der Waals surface area contributed by atoms with Crippen molar-refractivity contribution in [3.05, 3.63) is 53.1 Å². The third kappa shape index (κ3) is 2.56. The van der Waals surface area contributed by atoms with Gasteiger partial charge in [-0.15, -0.1) is 0 Å². The van der Waals surface area contributed by atoms with Gasteiger partial charge < -0.3 is 20.3 Å². The van der Waals surface area contributed by atoms with E-state index >= 15 is 0 Å². The summed E-state index contributed by atoms with van der Waals surface area (Å²) in [6, 6.07) is 10.9. The Morgan fingerprint density at radius 2 is 1.75 bits per heavy atom. The maximum absolute atomic E-state index is 10.5. The Morgan fingerprint density at radius 3 is 2.40 bits per heavy atom. The predicted molar refractivity (Wildman–Crippen MR) is 79.2 cm³/mol. The molecule has 0 spiro atoms. The zero-order valence-electron chi connectivity index (χ0n) is 11.9. The van der Waals surface area contributed by atoms with Crippen molar-refractivity contribution in [2.24, 2.45) is 0 Å². The molecule has 1 atom stereocenters. The van der Waals surface area contributed by atoms with Crippen LogP contribution in [0.2, 0.25) is 0 Å². The quantitative estimate of drug-likeness (QED) is 0.841. The van der Waals surface area contributed by atoms with E-state index in [1.54, 1.807) is 26.4 Å². The van der Waals surface area contributed by atoms with Crippen LogP contribution in [0.15, 0.2) is 36.4 Å².